The highest BCUT2D eigenvalue weighted by Crippen LogP contribution is 2.35. The number of benzene rings is 1. The number of ether oxygens (including phenoxy) is 2. The second-order valence-electron chi connectivity index (χ2n) is 5.03. The second kappa shape index (κ2) is 5.14. The van der Waals surface area contributed by atoms with E-state index < -0.39 is 0 Å². The molecule has 1 aliphatic rings. The summed E-state index contributed by atoms with van der Waals surface area (Å²) in [6.07, 6.45) is 3.26. The fourth-order valence-corrected chi connectivity index (χ4v) is 2.53. The summed E-state index contributed by atoms with van der Waals surface area (Å²) in [7, 11) is 0. The third-order valence-corrected chi connectivity index (χ3v) is 3.61. The van der Waals surface area contributed by atoms with Gasteiger partial charge in [0.05, 0.1) is 0 Å². The minimum atomic E-state index is 0.584. The first-order valence-corrected chi connectivity index (χ1v) is 7.04. The molecule has 110 valence electrons. The molecule has 0 amide bonds. The van der Waals surface area contributed by atoms with E-state index in [4.69, 9.17) is 9.47 Å². The molecule has 3 heterocycles. The van der Waals surface area contributed by atoms with Crippen LogP contribution in [0.25, 0.3) is 16.9 Å². The average Bonchev–Trinajstić information content (AvgIpc) is 3.09. The Hall–Kier alpha value is -2.89. The smallest absolute Gasteiger partial charge is 0.161 e. The van der Waals surface area contributed by atoms with E-state index in [1.54, 1.807) is 17.2 Å². The third kappa shape index (κ3) is 2.18. The molecule has 0 radical (unpaired) electrons. The first-order valence-electron chi connectivity index (χ1n) is 7.04. The van der Waals surface area contributed by atoms with Crippen LogP contribution in [0, 0.1) is 6.92 Å². The van der Waals surface area contributed by atoms with Gasteiger partial charge < -0.3 is 9.47 Å². The summed E-state index contributed by atoms with van der Waals surface area (Å²) in [5, 5.41) is 7.60. The van der Waals surface area contributed by atoms with Crippen molar-refractivity contribution >= 4 is 0 Å². The lowest BCUT2D eigenvalue weighted by molar-refractivity contribution is 0.171. The molecular formula is C16H14N4O2. The Morgan fingerprint density at radius 3 is 2.50 bits per heavy atom. The molecule has 0 fully saturated rings. The van der Waals surface area contributed by atoms with Gasteiger partial charge in [0.25, 0.3) is 0 Å². The summed E-state index contributed by atoms with van der Waals surface area (Å²) in [6.45, 7) is 3.17. The Morgan fingerprint density at radius 1 is 0.955 bits per heavy atom. The summed E-state index contributed by atoms with van der Waals surface area (Å²) in [5.74, 6) is 2.37. The highest BCUT2D eigenvalue weighted by molar-refractivity contribution is 5.69. The quantitative estimate of drug-likeness (QED) is 0.726. The topological polar surface area (TPSA) is 62.1 Å². The number of hydrogen-bond acceptors (Lipinski definition) is 5. The maximum atomic E-state index is 5.64. The zero-order valence-electron chi connectivity index (χ0n) is 12.1. The van der Waals surface area contributed by atoms with Crippen molar-refractivity contribution in [3.05, 3.63) is 48.7 Å². The number of aryl methyl sites for hydroxylation is 1. The molecule has 1 aliphatic heterocycles. The fourth-order valence-electron chi connectivity index (χ4n) is 2.53. The Balaban J connectivity index is 1.73. The zero-order chi connectivity index (χ0) is 14.9. The van der Waals surface area contributed by atoms with Crippen LogP contribution in [-0.4, -0.2) is 33.0 Å². The molecule has 1 aromatic carbocycles. The molecule has 6 heteroatoms. The molecule has 0 N–H and O–H groups in total. The fraction of sp³-hybridized carbons (Fsp3) is 0.188. The molecule has 0 saturated carbocycles. The molecule has 0 bridgehead atoms. The number of hydrogen-bond donors (Lipinski definition) is 0. The van der Waals surface area contributed by atoms with Gasteiger partial charge in [-0.3, -0.25) is 4.57 Å². The highest BCUT2D eigenvalue weighted by Gasteiger charge is 2.14. The number of pyridine rings is 1. The molecule has 22 heavy (non-hydrogen) atoms. The van der Waals surface area contributed by atoms with Gasteiger partial charge in [0, 0.05) is 11.3 Å². The van der Waals surface area contributed by atoms with E-state index in [2.05, 4.69) is 15.2 Å². The minimum Gasteiger partial charge on any atom is -0.486 e. The van der Waals surface area contributed by atoms with Crippen molar-refractivity contribution in [3.63, 3.8) is 0 Å². The number of aromatic nitrogens is 4. The van der Waals surface area contributed by atoms with Gasteiger partial charge in [0.2, 0.25) is 0 Å². The van der Waals surface area contributed by atoms with Crippen LogP contribution in [0.15, 0.2) is 43.0 Å². The lowest BCUT2D eigenvalue weighted by Gasteiger charge is -2.19. The molecule has 0 unspecified atom stereocenters. The van der Waals surface area contributed by atoms with Crippen LogP contribution in [0.3, 0.4) is 0 Å². The van der Waals surface area contributed by atoms with E-state index >= 15 is 0 Å². The largest absolute Gasteiger partial charge is 0.486 e. The SMILES string of the molecule is Cc1nc(-n2cnnc2)ccc1-c1ccc2c(c1)OCCO2. The average molecular weight is 294 g/mol. The van der Waals surface area contributed by atoms with Crippen LogP contribution in [0.1, 0.15) is 5.69 Å². The van der Waals surface area contributed by atoms with Gasteiger partial charge in [-0.25, -0.2) is 4.98 Å². The van der Waals surface area contributed by atoms with Crippen LogP contribution in [-0.2, 0) is 0 Å². The second-order valence-corrected chi connectivity index (χ2v) is 5.03. The van der Waals surface area contributed by atoms with Gasteiger partial charge in [-0.15, -0.1) is 10.2 Å². The van der Waals surface area contributed by atoms with Crippen molar-refractivity contribution in [1.29, 1.82) is 0 Å². The third-order valence-electron chi connectivity index (χ3n) is 3.61. The first-order chi connectivity index (χ1) is 10.8. The van der Waals surface area contributed by atoms with Gasteiger partial charge in [0.1, 0.15) is 31.7 Å². The Labute approximate surface area is 127 Å². The van der Waals surface area contributed by atoms with Crippen LogP contribution < -0.4 is 9.47 Å². The number of nitrogens with zero attached hydrogens (tertiary/aromatic N) is 4. The van der Waals surface area contributed by atoms with Crippen molar-refractivity contribution in [1.82, 2.24) is 19.7 Å². The van der Waals surface area contributed by atoms with Crippen molar-refractivity contribution in [2.75, 3.05) is 13.2 Å². The monoisotopic (exact) mass is 294 g/mol. The predicted molar refractivity (Wildman–Crippen MR) is 80.3 cm³/mol. The van der Waals surface area contributed by atoms with Crippen LogP contribution in [0.2, 0.25) is 0 Å². The van der Waals surface area contributed by atoms with Crippen molar-refractivity contribution in [2.45, 2.75) is 6.92 Å². The predicted octanol–water partition coefficient (Wildman–Crippen LogP) is 2.41. The number of fused-ring (bicyclic) bond motifs is 1. The van der Waals surface area contributed by atoms with Gasteiger partial charge in [-0.1, -0.05) is 6.07 Å². The van der Waals surface area contributed by atoms with E-state index in [-0.39, 0.29) is 0 Å². The van der Waals surface area contributed by atoms with E-state index in [1.807, 2.05) is 37.3 Å². The molecular weight excluding hydrogens is 280 g/mol. The highest BCUT2D eigenvalue weighted by atomic mass is 16.6. The summed E-state index contributed by atoms with van der Waals surface area (Å²) < 4.78 is 13.0. The maximum absolute atomic E-state index is 5.64. The van der Waals surface area contributed by atoms with E-state index in [0.717, 1.165) is 34.1 Å². The van der Waals surface area contributed by atoms with Crippen LogP contribution in [0.5, 0.6) is 11.5 Å². The molecule has 0 atom stereocenters. The molecule has 4 rings (SSSR count). The summed E-state index contributed by atoms with van der Waals surface area (Å²) in [5.41, 5.74) is 3.06. The number of rotatable bonds is 2. The van der Waals surface area contributed by atoms with Crippen LogP contribution in [0.4, 0.5) is 0 Å². The summed E-state index contributed by atoms with van der Waals surface area (Å²) in [4.78, 5) is 4.61. The summed E-state index contributed by atoms with van der Waals surface area (Å²) >= 11 is 0. The van der Waals surface area contributed by atoms with E-state index in [1.165, 1.54) is 0 Å². The Kier molecular flexibility index (Phi) is 3.00. The Bertz CT molecular complexity index is 815. The van der Waals surface area contributed by atoms with Crippen molar-refractivity contribution < 1.29 is 9.47 Å². The zero-order valence-corrected chi connectivity index (χ0v) is 12.1. The van der Waals surface area contributed by atoms with Gasteiger partial charge in [-0.05, 0) is 36.8 Å². The lowest BCUT2D eigenvalue weighted by Crippen LogP contribution is -2.15. The Morgan fingerprint density at radius 2 is 1.73 bits per heavy atom. The van der Waals surface area contributed by atoms with E-state index in [0.29, 0.717) is 13.2 Å². The van der Waals surface area contributed by atoms with Gasteiger partial charge in [0.15, 0.2) is 11.5 Å². The summed E-state index contributed by atoms with van der Waals surface area (Å²) in [6, 6.07) is 9.95. The van der Waals surface area contributed by atoms with Crippen LogP contribution >= 0.6 is 0 Å². The lowest BCUT2D eigenvalue weighted by atomic mass is 10.0. The van der Waals surface area contributed by atoms with Crippen molar-refractivity contribution in [2.24, 2.45) is 0 Å². The molecule has 0 aliphatic carbocycles. The molecule has 0 spiro atoms. The first kappa shape index (κ1) is 12.8. The molecule has 6 nitrogen and oxygen atoms in total. The molecule has 2 aromatic heterocycles. The molecule has 0 saturated heterocycles. The maximum Gasteiger partial charge on any atom is 0.161 e. The van der Waals surface area contributed by atoms with E-state index in [9.17, 15) is 0 Å². The van der Waals surface area contributed by atoms with Crippen molar-refractivity contribution in [3.8, 4) is 28.4 Å². The normalized spacial score (nSPS) is 13.1. The molecule has 3 aromatic rings. The van der Waals surface area contributed by atoms with Gasteiger partial charge in [-0.2, -0.15) is 0 Å². The van der Waals surface area contributed by atoms with Gasteiger partial charge >= 0.3 is 0 Å². The minimum absolute atomic E-state index is 0.584. The standard InChI is InChI=1S/C16H14N4O2/c1-11-13(3-5-16(19-11)20-9-17-18-10-20)12-2-4-14-15(8-12)22-7-6-21-14/h2-5,8-10H,6-7H2,1H3.